The van der Waals surface area contributed by atoms with Gasteiger partial charge >= 0.3 is 12.3 Å². The van der Waals surface area contributed by atoms with Crippen LogP contribution in [0.3, 0.4) is 0 Å². The number of nitrogens with one attached hydrogen (secondary N) is 1. The minimum atomic E-state index is -4.39. The summed E-state index contributed by atoms with van der Waals surface area (Å²) in [6, 6.07) is 10.2. The fourth-order valence-electron chi connectivity index (χ4n) is 1.89. The molecule has 0 atom stereocenters. The van der Waals surface area contributed by atoms with Crippen molar-refractivity contribution in [3.05, 3.63) is 65.2 Å². The standard InChI is InChI=1S/C16H13F3N2O3/c17-16(18,19)12-5-1-10(2-6-12)9-21-14(22)11-3-7-13(8-4-11)24-15(20)23/h1-8H,9H2,(H2,20,23)(H,21,22). The Hall–Kier alpha value is -3.03. The number of ether oxygens (including phenoxy) is 1. The zero-order valence-electron chi connectivity index (χ0n) is 12.3. The van der Waals surface area contributed by atoms with E-state index in [0.717, 1.165) is 12.1 Å². The van der Waals surface area contributed by atoms with Crippen LogP contribution < -0.4 is 15.8 Å². The minimum Gasteiger partial charge on any atom is -0.411 e. The van der Waals surface area contributed by atoms with E-state index in [2.05, 4.69) is 10.1 Å². The summed E-state index contributed by atoms with van der Waals surface area (Å²) in [7, 11) is 0. The van der Waals surface area contributed by atoms with E-state index < -0.39 is 23.7 Å². The molecule has 8 heteroatoms. The first-order valence-corrected chi connectivity index (χ1v) is 6.77. The molecule has 0 saturated carbocycles. The lowest BCUT2D eigenvalue weighted by Gasteiger charge is -2.09. The van der Waals surface area contributed by atoms with Crippen molar-refractivity contribution in [2.24, 2.45) is 5.73 Å². The lowest BCUT2D eigenvalue weighted by molar-refractivity contribution is -0.137. The van der Waals surface area contributed by atoms with Crippen molar-refractivity contribution >= 4 is 12.0 Å². The summed E-state index contributed by atoms with van der Waals surface area (Å²) in [6.07, 6.45) is -5.36. The van der Waals surface area contributed by atoms with Crippen LogP contribution >= 0.6 is 0 Å². The molecule has 0 bridgehead atoms. The number of carbonyl (C=O) groups is 2. The molecule has 0 aliphatic heterocycles. The molecule has 0 radical (unpaired) electrons. The summed E-state index contributed by atoms with van der Waals surface area (Å²) in [4.78, 5) is 22.5. The largest absolute Gasteiger partial charge is 0.416 e. The van der Waals surface area contributed by atoms with E-state index in [1.165, 1.54) is 36.4 Å². The highest BCUT2D eigenvalue weighted by atomic mass is 19.4. The van der Waals surface area contributed by atoms with Crippen LogP contribution in [0.15, 0.2) is 48.5 Å². The van der Waals surface area contributed by atoms with Crippen molar-refractivity contribution in [1.29, 1.82) is 0 Å². The number of rotatable bonds is 4. The van der Waals surface area contributed by atoms with Crippen molar-refractivity contribution in [2.75, 3.05) is 0 Å². The van der Waals surface area contributed by atoms with Gasteiger partial charge in [-0.25, -0.2) is 4.79 Å². The molecule has 0 aromatic heterocycles. The lowest BCUT2D eigenvalue weighted by Crippen LogP contribution is -2.23. The summed E-state index contributed by atoms with van der Waals surface area (Å²) < 4.78 is 42.0. The molecular weight excluding hydrogens is 325 g/mol. The van der Waals surface area contributed by atoms with E-state index in [1.54, 1.807) is 0 Å². The molecule has 0 spiro atoms. The quantitative estimate of drug-likeness (QED) is 0.899. The molecule has 126 valence electrons. The third-order valence-electron chi connectivity index (χ3n) is 3.07. The summed E-state index contributed by atoms with van der Waals surface area (Å²) in [5.74, 6) is -0.220. The van der Waals surface area contributed by atoms with Gasteiger partial charge in [-0.05, 0) is 42.0 Å². The maximum atomic E-state index is 12.5. The van der Waals surface area contributed by atoms with Crippen LogP contribution in [0.25, 0.3) is 0 Å². The Morgan fingerprint density at radius 2 is 1.58 bits per heavy atom. The molecule has 2 rings (SSSR count). The van der Waals surface area contributed by atoms with E-state index in [-0.39, 0.29) is 12.3 Å². The number of primary amides is 1. The second-order valence-corrected chi connectivity index (χ2v) is 4.82. The summed E-state index contributed by atoms with van der Waals surface area (Å²) in [5, 5.41) is 2.58. The summed E-state index contributed by atoms with van der Waals surface area (Å²) in [5.41, 5.74) is 4.95. The monoisotopic (exact) mass is 338 g/mol. The van der Waals surface area contributed by atoms with E-state index >= 15 is 0 Å². The van der Waals surface area contributed by atoms with Crippen molar-refractivity contribution in [2.45, 2.75) is 12.7 Å². The molecule has 0 fully saturated rings. The van der Waals surface area contributed by atoms with Crippen molar-refractivity contribution in [1.82, 2.24) is 5.32 Å². The molecule has 24 heavy (non-hydrogen) atoms. The van der Waals surface area contributed by atoms with Gasteiger partial charge in [-0.3, -0.25) is 4.79 Å². The Labute approximate surface area is 135 Å². The third-order valence-corrected chi connectivity index (χ3v) is 3.07. The van der Waals surface area contributed by atoms with Crippen LogP contribution in [0.4, 0.5) is 18.0 Å². The van der Waals surface area contributed by atoms with Crippen molar-refractivity contribution in [3.8, 4) is 5.75 Å². The van der Waals surface area contributed by atoms with Gasteiger partial charge in [0.2, 0.25) is 0 Å². The number of carbonyl (C=O) groups excluding carboxylic acids is 2. The minimum absolute atomic E-state index is 0.0799. The smallest absolute Gasteiger partial charge is 0.411 e. The van der Waals surface area contributed by atoms with Gasteiger partial charge < -0.3 is 15.8 Å². The molecule has 2 aromatic rings. The topological polar surface area (TPSA) is 81.4 Å². The maximum Gasteiger partial charge on any atom is 0.416 e. The number of amides is 2. The normalized spacial score (nSPS) is 11.0. The van der Waals surface area contributed by atoms with Gasteiger partial charge in [0.15, 0.2) is 0 Å². The van der Waals surface area contributed by atoms with Crippen LogP contribution in [-0.4, -0.2) is 12.0 Å². The highest BCUT2D eigenvalue weighted by molar-refractivity contribution is 5.94. The molecule has 0 aliphatic rings. The van der Waals surface area contributed by atoms with Crippen molar-refractivity contribution in [3.63, 3.8) is 0 Å². The first-order chi connectivity index (χ1) is 11.3. The van der Waals surface area contributed by atoms with Gasteiger partial charge in [-0.15, -0.1) is 0 Å². The molecular formula is C16H13F3N2O3. The van der Waals surface area contributed by atoms with E-state index in [0.29, 0.717) is 11.1 Å². The molecule has 2 aromatic carbocycles. The average molecular weight is 338 g/mol. The molecule has 0 aliphatic carbocycles. The fraction of sp³-hybridized carbons (Fsp3) is 0.125. The zero-order valence-corrected chi connectivity index (χ0v) is 12.3. The number of hydrogen-bond acceptors (Lipinski definition) is 3. The molecule has 0 saturated heterocycles. The fourth-order valence-corrected chi connectivity index (χ4v) is 1.89. The Kier molecular flexibility index (Phi) is 5.08. The van der Waals surface area contributed by atoms with Crippen LogP contribution in [0.1, 0.15) is 21.5 Å². The first kappa shape index (κ1) is 17.3. The third kappa shape index (κ3) is 4.73. The summed E-state index contributed by atoms with van der Waals surface area (Å²) >= 11 is 0. The zero-order chi connectivity index (χ0) is 17.7. The first-order valence-electron chi connectivity index (χ1n) is 6.77. The number of nitrogens with two attached hydrogens (primary N) is 1. The highest BCUT2D eigenvalue weighted by Crippen LogP contribution is 2.29. The number of hydrogen-bond donors (Lipinski definition) is 2. The second-order valence-electron chi connectivity index (χ2n) is 4.82. The van der Waals surface area contributed by atoms with Gasteiger partial charge in [0.05, 0.1) is 5.56 Å². The Balaban J connectivity index is 1.94. The molecule has 0 unspecified atom stereocenters. The summed E-state index contributed by atoms with van der Waals surface area (Å²) in [6.45, 7) is 0.0799. The van der Waals surface area contributed by atoms with Gasteiger partial charge in [0.25, 0.3) is 5.91 Å². The van der Waals surface area contributed by atoms with E-state index in [4.69, 9.17) is 5.73 Å². The highest BCUT2D eigenvalue weighted by Gasteiger charge is 2.29. The molecule has 2 amide bonds. The second kappa shape index (κ2) is 7.03. The Morgan fingerprint density at radius 1 is 1.00 bits per heavy atom. The van der Waals surface area contributed by atoms with Gasteiger partial charge in [0, 0.05) is 12.1 Å². The average Bonchev–Trinajstić information content (AvgIpc) is 2.52. The Morgan fingerprint density at radius 3 is 2.08 bits per heavy atom. The van der Waals surface area contributed by atoms with Crippen LogP contribution in [0.2, 0.25) is 0 Å². The van der Waals surface area contributed by atoms with E-state index in [1.807, 2.05) is 0 Å². The van der Waals surface area contributed by atoms with Gasteiger partial charge in [-0.2, -0.15) is 13.2 Å². The predicted octanol–water partition coefficient (Wildman–Crippen LogP) is 3.09. The van der Waals surface area contributed by atoms with Gasteiger partial charge in [-0.1, -0.05) is 12.1 Å². The number of benzene rings is 2. The van der Waals surface area contributed by atoms with Crippen LogP contribution in [0, 0.1) is 0 Å². The predicted molar refractivity (Wildman–Crippen MR) is 79.3 cm³/mol. The molecule has 5 nitrogen and oxygen atoms in total. The number of alkyl halides is 3. The van der Waals surface area contributed by atoms with Crippen LogP contribution in [0.5, 0.6) is 5.75 Å². The van der Waals surface area contributed by atoms with Crippen LogP contribution in [-0.2, 0) is 12.7 Å². The van der Waals surface area contributed by atoms with Gasteiger partial charge in [0.1, 0.15) is 5.75 Å². The SMILES string of the molecule is NC(=O)Oc1ccc(C(=O)NCc2ccc(C(F)(F)F)cc2)cc1. The molecule has 0 heterocycles. The van der Waals surface area contributed by atoms with E-state index in [9.17, 15) is 22.8 Å². The Bertz CT molecular complexity index is 726. The maximum absolute atomic E-state index is 12.5. The molecule has 3 N–H and O–H groups in total. The lowest BCUT2D eigenvalue weighted by atomic mass is 10.1. The number of halogens is 3. The van der Waals surface area contributed by atoms with Crippen molar-refractivity contribution < 1.29 is 27.5 Å².